The molecule has 162 valence electrons. The molecular formula is C23H19N3O4S2. The first-order valence-electron chi connectivity index (χ1n) is 9.54. The first-order valence-corrected chi connectivity index (χ1v) is 11.9. The van der Waals surface area contributed by atoms with E-state index in [1.807, 2.05) is 29.6 Å². The fraction of sp³-hybridized carbons (Fsp3) is 0.0435. The van der Waals surface area contributed by atoms with Crippen LogP contribution in [0.3, 0.4) is 0 Å². The number of anilines is 2. The number of rotatable bonds is 7. The molecule has 0 unspecified atom stereocenters. The number of carbonyl (C=O) groups is 1. The third-order valence-corrected chi connectivity index (χ3v) is 6.72. The van der Waals surface area contributed by atoms with Crippen molar-refractivity contribution in [2.24, 2.45) is 0 Å². The van der Waals surface area contributed by atoms with Crippen molar-refractivity contribution < 1.29 is 17.9 Å². The van der Waals surface area contributed by atoms with Gasteiger partial charge in [0.1, 0.15) is 5.75 Å². The van der Waals surface area contributed by atoms with Gasteiger partial charge in [0.15, 0.2) is 5.13 Å². The molecule has 2 N–H and O–H groups in total. The maximum atomic E-state index is 12.6. The van der Waals surface area contributed by atoms with Crippen LogP contribution in [0.1, 0.15) is 10.4 Å². The molecule has 0 fully saturated rings. The molecule has 7 nitrogen and oxygen atoms in total. The molecule has 3 aromatic carbocycles. The molecule has 4 aromatic rings. The molecule has 0 aliphatic rings. The Morgan fingerprint density at radius 1 is 0.938 bits per heavy atom. The van der Waals surface area contributed by atoms with Gasteiger partial charge in [-0.2, -0.15) is 0 Å². The molecular weight excluding hydrogens is 446 g/mol. The molecule has 0 saturated carbocycles. The lowest BCUT2D eigenvalue weighted by atomic mass is 10.2. The number of hydrogen-bond donors (Lipinski definition) is 2. The van der Waals surface area contributed by atoms with E-state index < -0.39 is 10.0 Å². The second-order valence-electron chi connectivity index (χ2n) is 6.72. The Morgan fingerprint density at radius 3 is 2.28 bits per heavy atom. The zero-order valence-corrected chi connectivity index (χ0v) is 18.6. The molecule has 1 aromatic heterocycles. The van der Waals surface area contributed by atoms with Crippen molar-refractivity contribution in [2.45, 2.75) is 4.90 Å². The van der Waals surface area contributed by atoms with E-state index >= 15 is 0 Å². The van der Waals surface area contributed by atoms with Crippen LogP contribution < -0.4 is 14.8 Å². The predicted molar refractivity (Wildman–Crippen MR) is 126 cm³/mol. The number of nitrogens with one attached hydrogen (secondary N) is 2. The first-order chi connectivity index (χ1) is 15.4. The highest BCUT2D eigenvalue weighted by Gasteiger charge is 2.14. The van der Waals surface area contributed by atoms with Crippen LogP contribution in [0.5, 0.6) is 5.75 Å². The molecule has 1 heterocycles. The number of sulfonamides is 1. The van der Waals surface area contributed by atoms with E-state index in [1.54, 1.807) is 49.6 Å². The number of aromatic nitrogens is 1. The van der Waals surface area contributed by atoms with Crippen LogP contribution >= 0.6 is 11.3 Å². The van der Waals surface area contributed by atoms with Crippen LogP contribution in [0.2, 0.25) is 0 Å². The van der Waals surface area contributed by atoms with E-state index in [9.17, 15) is 13.2 Å². The smallest absolute Gasteiger partial charge is 0.261 e. The van der Waals surface area contributed by atoms with Gasteiger partial charge < -0.3 is 4.74 Å². The van der Waals surface area contributed by atoms with Crippen molar-refractivity contribution in [2.75, 3.05) is 17.1 Å². The highest BCUT2D eigenvalue weighted by Crippen LogP contribution is 2.27. The number of ether oxygens (including phenoxy) is 1. The summed E-state index contributed by atoms with van der Waals surface area (Å²) >= 11 is 1.32. The highest BCUT2D eigenvalue weighted by molar-refractivity contribution is 7.92. The summed E-state index contributed by atoms with van der Waals surface area (Å²) in [6, 6.07) is 21.8. The summed E-state index contributed by atoms with van der Waals surface area (Å²) < 4.78 is 32.5. The summed E-state index contributed by atoms with van der Waals surface area (Å²) in [7, 11) is -2.08. The first kappa shape index (κ1) is 21.5. The minimum Gasteiger partial charge on any atom is -0.497 e. The zero-order valence-electron chi connectivity index (χ0n) is 17.0. The largest absolute Gasteiger partial charge is 0.497 e. The van der Waals surface area contributed by atoms with Gasteiger partial charge in [-0.25, -0.2) is 13.4 Å². The molecule has 0 aliphatic heterocycles. The van der Waals surface area contributed by atoms with Crippen LogP contribution in [-0.2, 0) is 10.0 Å². The monoisotopic (exact) mass is 465 g/mol. The van der Waals surface area contributed by atoms with Crippen molar-refractivity contribution in [3.8, 4) is 17.0 Å². The molecule has 0 radical (unpaired) electrons. The third-order valence-electron chi connectivity index (χ3n) is 4.56. The number of benzene rings is 3. The summed E-state index contributed by atoms with van der Waals surface area (Å²) in [6.45, 7) is 0. The Labute approximate surface area is 189 Å². The van der Waals surface area contributed by atoms with E-state index in [4.69, 9.17) is 4.74 Å². The highest BCUT2D eigenvalue weighted by atomic mass is 32.2. The van der Waals surface area contributed by atoms with Crippen molar-refractivity contribution in [3.05, 3.63) is 89.8 Å². The average Bonchev–Trinajstić information content (AvgIpc) is 3.28. The number of carbonyl (C=O) groups excluding carboxylic acids is 1. The molecule has 32 heavy (non-hydrogen) atoms. The minimum absolute atomic E-state index is 0.165. The van der Waals surface area contributed by atoms with E-state index in [-0.39, 0.29) is 10.8 Å². The Kier molecular flexibility index (Phi) is 6.20. The molecule has 0 atom stereocenters. The Balaban J connectivity index is 1.41. The third kappa shape index (κ3) is 4.96. The number of hydrogen-bond acceptors (Lipinski definition) is 6. The Hall–Kier alpha value is -3.69. The van der Waals surface area contributed by atoms with Gasteiger partial charge in [-0.15, -0.1) is 11.3 Å². The van der Waals surface area contributed by atoms with Gasteiger partial charge in [0.25, 0.3) is 15.9 Å². The maximum Gasteiger partial charge on any atom is 0.261 e. The Bertz CT molecular complexity index is 1320. The van der Waals surface area contributed by atoms with E-state index in [1.165, 1.54) is 23.5 Å². The second-order valence-corrected chi connectivity index (χ2v) is 9.26. The zero-order chi connectivity index (χ0) is 22.6. The SMILES string of the molecule is COc1ccc(-c2csc(NC(=O)c3ccc(NS(=O)(=O)c4ccccc4)cc3)n2)cc1. The normalized spacial score (nSPS) is 11.0. The Morgan fingerprint density at radius 2 is 1.62 bits per heavy atom. The number of thiazole rings is 1. The van der Waals surface area contributed by atoms with Crippen molar-refractivity contribution in [3.63, 3.8) is 0 Å². The minimum atomic E-state index is -3.69. The van der Waals surface area contributed by atoms with Gasteiger partial charge in [-0.3, -0.25) is 14.8 Å². The number of nitrogens with zero attached hydrogens (tertiary/aromatic N) is 1. The summed E-state index contributed by atoms with van der Waals surface area (Å²) in [4.78, 5) is 17.2. The van der Waals surface area contributed by atoms with Gasteiger partial charge >= 0.3 is 0 Å². The maximum absolute atomic E-state index is 12.6. The molecule has 0 bridgehead atoms. The van der Waals surface area contributed by atoms with Gasteiger partial charge in [-0.1, -0.05) is 18.2 Å². The lowest BCUT2D eigenvalue weighted by Crippen LogP contribution is -2.14. The van der Waals surface area contributed by atoms with E-state index in [0.717, 1.165) is 17.0 Å². The molecule has 1 amide bonds. The second kappa shape index (κ2) is 9.21. The van der Waals surface area contributed by atoms with Gasteiger partial charge in [0, 0.05) is 22.2 Å². The van der Waals surface area contributed by atoms with Crippen LogP contribution in [0.25, 0.3) is 11.3 Å². The molecule has 4 rings (SSSR count). The molecule has 9 heteroatoms. The van der Waals surface area contributed by atoms with Crippen LogP contribution in [0, 0.1) is 0 Å². The fourth-order valence-electron chi connectivity index (χ4n) is 2.90. The average molecular weight is 466 g/mol. The van der Waals surface area contributed by atoms with E-state index in [0.29, 0.717) is 16.4 Å². The molecule has 0 saturated heterocycles. The lowest BCUT2D eigenvalue weighted by molar-refractivity contribution is 0.102. The van der Waals surface area contributed by atoms with E-state index in [2.05, 4.69) is 15.0 Å². The van der Waals surface area contributed by atoms with Crippen molar-refractivity contribution in [1.29, 1.82) is 0 Å². The van der Waals surface area contributed by atoms with Gasteiger partial charge in [0.05, 0.1) is 17.7 Å². The molecule has 0 aliphatic carbocycles. The predicted octanol–water partition coefficient (Wildman–Crippen LogP) is 4.87. The van der Waals surface area contributed by atoms with Crippen LogP contribution in [-0.4, -0.2) is 26.4 Å². The number of methoxy groups -OCH3 is 1. The quantitative estimate of drug-likeness (QED) is 0.406. The lowest BCUT2D eigenvalue weighted by Gasteiger charge is -2.08. The topological polar surface area (TPSA) is 97.4 Å². The number of amides is 1. The van der Waals surface area contributed by atoms with Crippen molar-refractivity contribution in [1.82, 2.24) is 4.98 Å². The standard InChI is InChI=1S/C23H19N3O4S2/c1-30-19-13-9-16(10-14-19)21-15-31-23(24-21)25-22(27)17-7-11-18(12-8-17)26-32(28,29)20-5-3-2-4-6-20/h2-15,26H,1H3,(H,24,25,27). The molecule has 0 spiro atoms. The van der Waals surface area contributed by atoms with Crippen LogP contribution in [0.15, 0.2) is 89.1 Å². The van der Waals surface area contributed by atoms with Crippen LogP contribution in [0.4, 0.5) is 10.8 Å². The summed E-state index contributed by atoms with van der Waals surface area (Å²) in [5.41, 5.74) is 2.41. The summed E-state index contributed by atoms with van der Waals surface area (Å²) in [5, 5.41) is 5.10. The fourth-order valence-corrected chi connectivity index (χ4v) is 4.69. The van der Waals surface area contributed by atoms with Crippen molar-refractivity contribution >= 4 is 38.1 Å². The van der Waals surface area contributed by atoms with Gasteiger partial charge in [0.2, 0.25) is 0 Å². The summed E-state index contributed by atoms with van der Waals surface area (Å²) in [5.74, 6) is 0.421. The summed E-state index contributed by atoms with van der Waals surface area (Å²) in [6.07, 6.45) is 0. The van der Waals surface area contributed by atoms with Gasteiger partial charge in [-0.05, 0) is 60.7 Å².